The van der Waals surface area contributed by atoms with E-state index in [4.69, 9.17) is 13.9 Å². The first-order valence-corrected chi connectivity index (χ1v) is 9.30. The molecule has 0 saturated carbocycles. The number of carbonyl (C=O) groups is 1. The molecule has 2 aromatic heterocycles. The third-order valence-electron chi connectivity index (χ3n) is 5.05. The molecule has 0 amide bonds. The van der Waals surface area contributed by atoms with Crippen molar-refractivity contribution in [3.63, 3.8) is 0 Å². The molecule has 2 aromatic rings. The number of esters is 1. The van der Waals surface area contributed by atoms with Gasteiger partial charge in [-0.15, -0.1) is 0 Å². The topological polar surface area (TPSA) is 69.7 Å². The number of aryl methyl sites for hydroxylation is 1. The molecule has 0 aliphatic carbocycles. The van der Waals surface area contributed by atoms with Crippen LogP contribution in [0.3, 0.4) is 0 Å². The Morgan fingerprint density at radius 3 is 3.04 bits per heavy atom. The molecule has 0 unspecified atom stereocenters. The van der Waals surface area contributed by atoms with Crippen LogP contribution < -0.4 is 0 Å². The second-order valence-electron chi connectivity index (χ2n) is 6.96. The average Bonchev–Trinajstić information content (AvgIpc) is 3.25. The van der Waals surface area contributed by atoms with Gasteiger partial charge in [0, 0.05) is 26.2 Å². The predicted octanol–water partition coefficient (Wildman–Crippen LogP) is 2.91. The molecule has 7 nitrogen and oxygen atoms in total. The number of methoxy groups -OCH3 is 1. The summed E-state index contributed by atoms with van der Waals surface area (Å²) >= 11 is 0. The predicted molar refractivity (Wildman–Crippen MR) is 93.5 cm³/mol. The lowest BCUT2D eigenvalue weighted by Crippen LogP contribution is -2.22. The van der Waals surface area contributed by atoms with Gasteiger partial charge in [0.15, 0.2) is 5.69 Å². The molecule has 0 N–H and O–H groups in total. The summed E-state index contributed by atoms with van der Waals surface area (Å²) in [5.41, 5.74) is 1.41. The van der Waals surface area contributed by atoms with E-state index < -0.39 is 0 Å². The van der Waals surface area contributed by atoms with Gasteiger partial charge in [-0.05, 0) is 43.9 Å². The van der Waals surface area contributed by atoms with Crippen molar-refractivity contribution in [1.82, 2.24) is 14.7 Å². The van der Waals surface area contributed by atoms with Gasteiger partial charge in [0.05, 0.1) is 19.3 Å². The second kappa shape index (κ2) is 7.63. The summed E-state index contributed by atoms with van der Waals surface area (Å²) in [5.74, 6) is 1.50. The molecule has 26 heavy (non-hydrogen) atoms. The normalized spacial score (nSPS) is 21.2. The van der Waals surface area contributed by atoms with E-state index in [2.05, 4.69) is 16.1 Å². The summed E-state index contributed by atoms with van der Waals surface area (Å²) in [6, 6.07) is 5.92. The summed E-state index contributed by atoms with van der Waals surface area (Å²) in [6.07, 6.45) is 4.45. The third kappa shape index (κ3) is 3.68. The zero-order valence-corrected chi connectivity index (χ0v) is 15.1. The summed E-state index contributed by atoms with van der Waals surface area (Å²) in [7, 11) is 1.38. The molecule has 1 fully saturated rings. The highest BCUT2D eigenvalue weighted by Gasteiger charge is 2.22. The Kier molecular flexibility index (Phi) is 5.08. The summed E-state index contributed by atoms with van der Waals surface area (Å²) in [5, 5.41) is 4.36. The lowest BCUT2D eigenvalue weighted by molar-refractivity contribution is 0.000823. The van der Waals surface area contributed by atoms with Gasteiger partial charge in [0.2, 0.25) is 0 Å². The Morgan fingerprint density at radius 1 is 1.31 bits per heavy atom. The van der Waals surface area contributed by atoms with Gasteiger partial charge in [-0.25, -0.2) is 4.79 Å². The van der Waals surface area contributed by atoms with Crippen LogP contribution in [-0.4, -0.2) is 40.9 Å². The van der Waals surface area contributed by atoms with E-state index in [1.54, 1.807) is 0 Å². The van der Waals surface area contributed by atoms with Gasteiger partial charge >= 0.3 is 5.97 Å². The number of carbonyl (C=O) groups excluding carboxylic acids is 1. The van der Waals surface area contributed by atoms with Crippen LogP contribution in [0.2, 0.25) is 0 Å². The molecule has 2 aliphatic rings. The Bertz CT molecular complexity index is 761. The Hall–Kier alpha value is -2.12. The first-order valence-electron chi connectivity index (χ1n) is 9.30. The highest BCUT2D eigenvalue weighted by Crippen LogP contribution is 2.29. The van der Waals surface area contributed by atoms with Crippen LogP contribution in [0.1, 0.15) is 59.5 Å². The Labute approximate surface area is 152 Å². The van der Waals surface area contributed by atoms with Gasteiger partial charge in [0.1, 0.15) is 17.6 Å². The van der Waals surface area contributed by atoms with Crippen LogP contribution in [0.15, 0.2) is 22.6 Å². The fourth-order valence-corrected chi connectivity index (χ4v) is 3.71. The number of ether oxygens (including phenoxy) is 2. The Balaban J connectivity index is 1.43. The molecular formula is C19H25N3O4. The van der Waals surface area contributed by atoms with Crippen LogP contribution >= 0.6 is 0 Å². The highest BCUT2D eigenvalue weighted by molar-refractivity contribution is 5.87. The number of rotatable bonds is 4. The van der Waals surface area contributed by atoms with Crippen molar-refractivity contribution in [3.05, 3.63) is 41.1 Å². The third-order valence-corrected chi connectivity index (χ3v) is 5.05. The molecule has 4 heterocycles. The van der Waals surface area contributed by atoms with E-state index in [1.807, 2.05) is 16.8 Å². The van der Waals surface area contributed by atoms with E-state index in [1.165, 1.54) is 13.5 Å². The molecule has 4 rings (SSSR count). The SMILES string of the molecule is COC(=O)c1cc2n(n1)CCCN(Cc1ccc([C@H]3CCCCO3)o1)C2. The molecule has 0 aromatic carbocycles. The maximum Gasteiger partial charge on any atom is 0.358 e. The lowest BCUT2D eigenvalue weighted by Gasteiger charge is -2.21. The lowest BCUT2D eigenvalue weighted by atomic mass is 10.1. The van der Waals surface area contributed by atoms with Crippen LogP contribution in [-0.2, 0) is 29.1 Å². The first kappa shape index (κ1) is 17.3. The van der Waals surface area contributed by atoms with Crippen molar-refractivity contribution in [2.75, 3.05) is 20.3 Å². The standard InChI is InChI=1S/C19H25N3O4/c1-24-19(23)16-11-14-12-21(8-4-9-22(14)20-16)13-15-6-7-18(26-15)17-5-2-3-10-25-17/h6-7,11,17H,2-5,8-10,12-13H2,1H3/t17-/m1/s1. The minimum Gasteiger partial charge on any atom is -0.464 e. The van der Waals surface area contributed by atoms with Gasteiger partial charge in [-0.1, -0.05) is 0 Å². The maximum atomic E-state index is 11.7. The summed E-state index contributed by atoms with van der Waals surface area (Å²) < 4.78 is 18.5. The number of fused-ring (bicyclic) bond motifs is 1. The van der Waals surface area contributed by atoms with Crippen LogP contribution in [0, 0.1) is 0 Å². The van der Waals surface area contributed by atoms with Gasteiger partial charge in [0.25, 0.3) is 0 Å². The molecule has 7 heteroatoms. The maximum absolute atomic E-state index is 11.7. The number of hydrogen-bond acceptors (Lipinski definition) is 6. The second-order valence-corrected chi connectivity index (χ2v) is 6.96. The van der Waals surface area contributed by atoms with Crippen molar-refractivity contribution >= 4 is 5.97 Å². The number of furan rings is 1. The average molecular weight is 359 g/mol. The van der Waals surface area contributed by atoms with Crippen molar-refractivity contribution in [2.24, 2.45) is 0 Å². The zero-order valence-electron chi connectivity index (χ0n) is 15.1. The zero-order chi connectivity index (χ0) is 17.9. The van der Waals surface area contributed by atoms with E-state index in [0.29, 0.717) is 5.69 Å². The molecule has 0 spiro atoms. The van der Waals surface area contributed by atoms with E-state index in [-0.39, 0.29) is 12.1 Å². The molecule has 140 valence electrons. The number of nitrogens with zero attached hydrogens (tertiary/aromatic N) is 3. The van der Waals surface area contributed by atoms with Crippen LogP contribution in [0.5, 0.6) is 0 Å². The fraction of sp³-hybridized carbons (Fsp3) is 0.579. The van der Waals surface area contributed by atoms with E-state index >= 15 is 0 Å². The number of hydrogen-bond donors (Lipinski definition) is 0. The van der Waals surface area contributed by atoms with Crippen molar-refractivity contribution in [1.29, 1.82) is 0 Å². The first-order chi connectivity index (χ1) is 12.7. The number of aromatic nitrogens is 2. The van der Waals surface area contributed by atoms with Crippen molar-refractivity contribution in [3.8, 4) is 0 Å². The van der Waals surface area contributed by atoms with Gasteiger partial charge in [-0.2, -0.15) is 5.10 Å². The molecule has 1 atom stereocenters. The molecule has 0 bridgehead atoms. The fourth-order valence-electron chi connectivity index (χ4n) is 3.71. The van der Waals surface area contributed by atoms with Crippen molar-refractivity contribution in [2.45, 2.75) is 51.4 Å². The van der Waals surface area contributed by atoms with Crippen LogP contribution in [0.4, 0.5) is 0 Å². The molecule has 1 saturated heterocycles. The molecular weight excluding hydrogens is 334 g/mol. The van der Waals surface area contributed by atoms with Gasteiger partial charge in [-0.3, -0.25) is 9.58 Å². The van der Waals surface area contributed by atoms with E-state index in [9.17, 15) is 4.79 Å². The van der Waals surface area contributed by atoms with E-state index in [0.717, 1.165) is 69.3 Å². The highest BCUT2D eigenvalue weighted by atomic mass is 16.5. The largest absolute Gasteiger partial charge is 0.464 e. The summed E-state index contributed by atoms with van der Waals surface area (Å²) in [6.45, 7) is 4.07. The van der Waals surface area contributed by atoms with Gasteiger partial charge < -0.3 is 13.9 Å². The smallest absolute Gasteiger partial charge is 0.358 e. The van der Waals surface area contributed by atoms with Crippen molar-refractivity contribution < 1.29 is 18.7 Å². The quantitative estimate of drug-likeness (QED) is 0.782. The minimum absolute atomic E-state index is 0.102. The molecule has 2 aliphatic heterocycles. The Morgan fingerprint density at radius 2 is 2.23 bits per heavy atom. The summed E-state index contributed by atoms with van der Waals surface area (Å²) in [4.78, 5) is 14.0. The molecule has 0 radical (unpaired) electrons. The monoisotopic (exact) mass is 359 g/mol. The minimum atomic E-state index is -0.389. The van der Waals surface area contributed by atoms with Crippen LogP contribution in [0.25, 0.3) is 0 Å².